The monoisotopic (exact) mass is 357 g/mol. The van der Waals surface area contributed by atoms with Crippen molar-refractivity contribution >= 4 is 17.1 Å². The van der Waals surface area contributed by atoms with E-state index in [9.17, 15) is 18.0 Å². The van der Waals surface area contributed by atoms with Crippen molar-refractivity contribution in [3.63, 3.8) is 0 Å². The standard InChI is InChI=1S/C17H18F3NO4/c1-16(2,3)25-15(22)21(4)11-8-23-13-10-6-5-9(17(18,19)20)7-12(10)24-14(11)13/h5-7,11H,8H2,1-4H3/t11-/m0/s1. The number of halogens is 3. The molecule has 2 aromatic rings. The van der Waals surface area contributed by atoms with Crippen molar-refractivity contribution in [2.75, 3.05) is 13.7 Å². The third-order valence-electron chi connectivity index (χ3n) is 3.83. The SMILES string of the molecule is CN(C(=O)OC(C)(C)C)[C@H]1COc2c1oc1cc(C(F)(F)F)ccc21. The van der Waals surface area contributed by atoms with Crippen molar-refractivity contribution in [1.82, 2.24) is 4.90 Å². The molecule has 0 aliphatic carbocycles. The van der Waals surface area contributed by atoms with E-state index in [1.54, 1.807) is 20.8 Å². The third kappa shape index (κ3) is 3.25. The van der Waals surface area contributed by atoms with Crippen LogP contribution in [0.25, 0.3) is 11.0 Å². The van der Waals surface area contributed by atoms with Crippen LogP contribution in [0.4, 0.5) is 18.0 Å². The molecule has 0 spiro atoms. The Bertz CT molecular complexity index is 820. The van der Waals surface area contributed by atoms with E-state index in [0.29, 0.717) is 16.9 Å². The van der Waals surface area contributed by atoms with Gasteiger partial charge in [0.15, 0.2) is 11.5 Å². The first kappa shape index (κ1) is 17.4. The van der Waals surface area contributed by atoms with E-state index >= 15 is 0 Å². The fraction of sp³-hybridized carbons (Fsp3) is 0.471. The predicted molar refractivity (Wildman–Crippen MR) is 83.4 cm³/mol. The molecule has 136 valence electrons. The van der Waals surface area contributed by atoms with E-state index in [1.807, 2.05) is 0 Å². The number of carbonyl (C=O) groups excluding carboxylic acids is 1. The molecule has 5 nitrogen and oxygen atoms in total. The summed E-state index contributed by atoms with van der Waals surface area (Å²) in [7, 11) is 1.53. The molecule has 1 amide bonds. The fourth-order valence-electron chi connectivity index (χ4n) is 2.62. The lowest BCUT2D eigenvalue weighted by atomic mass is 10.1. The highest BCUT2D eigenvalue weighted by molar-refractivity contribution is 5.87. The Morgan fingerprint density at radius 2 is 1.96 bits per heavy atom. The number of benzene rings is 1. The number of ether oxygens (including phenoxy) is 2. The van der Waals surface area contributed by atoms with E-state index in [4.69, 9.17) is 13.9 Å². The van der Waals surface area contributed by atoms with Gasteiger partial charge in [0.05, 0.1) is 10.9 Å². The summed E-state index contributed by atoms with van der Waals surface area (Å²) in [6.07, 6.45) is -5.02. The molecule has 0 N–H and O–H groups in total. The lowest BCUT2D eigenvalue weighted by molar-refractivity contribution is -0.137. The first-order chi connectivity index (χ1) is 11.5. The number of amides is 1. The first-order valence-electron chi connectivity index (χ1n) is 7.69. The lowest BCUT2D eigenvalue weighted by Crippen LogP contribution is -2.37. The van der Waals surface area contributed by atoms with Gasteiger partial charge < -0.3 is 13.9 Å². The zero-order valence-corrected chi connectivity index (χ0v) is 14.2. The van der Waals surface area contributed by atoms with Gasteiger partial charge >= 0.3 is 12.3 Å². The van der Waals surface area contributed by atoms with Crippen molar-refractivity contribution < 1.29 is 31.9 Å². The van der Waals surface area contributed by atoms with Crippen molar-refractivity contribution in [3.8, 4) is 5.75 Å². The van der Waals surface area contributed by atoms with Crippen LogP contribution in [0, 0.1) is 0 Å². The third-order valence-corrected chi connectivity index (χ3v) is 3.83. The molecule has 0 fully saturated rings. The first-order valence-corrected chi connectivity index (χ1v) is 7.69. The molecule has 3 rings (SSSR count). The highest BCUT2D eigenvalue weighted by Gasteiger charge is 2.38. The minimum Gasteiger partial charge on any atom is -0.487 e. The Morgan fingerprint density at radius 3 is 2.56 bits per heavy atom. The number of likely N-dealkylation sites (N-methyl/N-ethyl adjacent to an activating group) is 1. The van der Waals surface area contributed by atoms with Gasteiger partial charge in [-0.3, -0.25) is 4.90 Å². The van der Waals surface area contributed by atoms with Crippen LogP contribution in [0.15, 0.2) is 22.6 Å². The summed E-state index contributed by atoms with van der Waals surface area (Å²) in [5.74, 6) is 0.687. The van der Waals surface area contributed by atoms with Crippen molar-refractivity contribution in [2.45, 2.75) is 38.6 Å². The second kappa shape index (κ2) is 5.57. The number of furan rings is 1. The molecule has 0 bridgehead atoms. The summed E-state index contributed by atoms with van der Waals surface area (Å²) < 4.78 is 55.0. The molecule has 1 aromatic heterocycles. The smallest absolute Gasteiger partial charge is 0.416 e. The average Bonchev–Trinajstić information content (AvgIpc) is 3.01. The second-order valence-electron chi connectivity index (χ2n) is 6.92. The van der Waals surface area contributed by atoms with Crippen LogP contribution in [-0.4, -0.2) is 30.2 Å². The summed E-state index contributed by atoms with van der Waals surface area (Å²) >= 11 is 0. The van der Waals surface area contributed by atoms with Gasteiger partial charge in [0.1, 0.15) is 23.8 Å². The van der Waals surface area contributed by atoms with Crippen molar-refractivity contribution in [2.24, 2.45) is 0 Å². The highest BCUT2D eigenvalue weighted by Crippen LogP contribution is 2.45. The fourth-order valence-corrected chi connectivity index (χ4v) is 2.62. The van der Waals surface area contributed by atoms with Gasteiger partial charge in [-0.25, -0.2) is 4.79 Å². The van der Waals surface area contributed by atoms with Crippen LogP contribution >= 0.6 is 0 Å². The highest BCUT2D eigenvalue weighted by atomic mass is 19.4. The normalized spacial score (nSPS) is 17.3. The van der Waals surface area contributed by atoms with E-state index in [-0.39, 0.29) is 12.2 Å². The van der Waals surface area contributed by atoms with Crippen LogP contribution < -0.4 is 4.74 Å². The summed E-state index contributed by atoms with van der Waals surface area (Å²) in [4.78, 5) is 13.5. The Labute approximate surface area is 142 Å². The van der Waals surface area contributed by atoms with E-state index in [1.165, 1.54) is 18.0 Å². The Balaban J connectivity index is 1.93. The topological polar surface area (TPSA) is 51.9 Å². The van der Waals surface area contributed by atoms with Gasteiger partial charge in [0.2, 0.25) is 0 Å². The number of carbonyl (C=O) groups is 1. The number of hydrogen-bond acceptors (Lipinski definition) is 4. The average molecular weight is 357 g/mol. The minimum atomic E-state index is -4.46. The van der Waals surface area contributed by atoms with Crippen LogP contribution in [0.5, 0.6) is 5.75 Å². The van der Waals surface area contributed by atoms with Gasteiger partial charge in [0.25, 0.3) is 0 Å². The molecule has 1 atom stereocenters. The van der Waals surface area contributed by atoms with Gasteiger partial charge in [0, 0.05) is 7.05 Å². The maximum atomic E-state index is 12.8. The molecular weight excluding hydrogens is 339 g/mol. The molecule has 0 radical (unpaired) electrons. The summed E-state index contributed by atoms with van der Waals surface area (Å²) in [5.41, 5.74) is -1.39. The van der Waals surface area contributed by atoms with Gasteiger partial charge in [-0.2, -0.15) is 13.2 Å². The van der Waals surface area contributed by atoms with E-state index < -0.39 is 29.5 Å². The molecule has 2 heterocycles. The minimum absolute atomic E-state index is 0.0714. The quantitative estimate of drug-likeness (QED) is 0.739. The maximum absolute atomic E-state index is 12.8. The molecule has 1 aliphatic rings. The zero-order chi connectivity index (χ0) is 18.6. The molecule has 8 heteroatoms. The molecule has 25 heavy (non-hydrogen) atoms. The van der Waals surface area contributed by atoms with Crippen molar-refractivity contribution in [3.05, 3.63) is 29.5 Å². The van der Waals surface area contributed by atoms with Crippen molar-refractivity contribution in [1.29, 1.82) is 0 Å². The van der Waals surface area contributed by atoms with Crippen LogP contribution in [-0.2, 0) is 10.9 Å². The molecule has 1 aliphatic heterocycles. The summed E-state index contributed by atoms with van der Waals surface area (Å²) in [6, 6.07) is 2.66. The largest absolute Gasteiger partial charge is 0.487 e. The zero-order valence-electron chi connectivity index (χ0n) is 14.2. The second-order valence-corrected chi connectivity index (χ2v) is 6.92. The van der Waals surface area contributed by atoms with Gasteiger partial charge in [-0.15, -0.1) is 0 Å². The molecule has 1 aromatic carbocycles. The lowest BCUT2D eigenvalue weighted by Gasteiger charge is -2.27. The Kier molecular flexibility index (Phi) is 3.89. The Hall–Kier alpha value is -2.38. The summed E-state index contributed by atoms with van der Waals surface area (Å²) in [6.45, 7) is 5.39. The number of alkyl halides is 3. The number of hydrogen-bond donors (Lipinski definition) is 0. The van der Waals surface area contributed by atoms with Gasteiger partial charge in [-0.1, -0.05) is 0 Å². The predicted octanol–water partition coefficient (Wildman–Crippen LogP) is 4.75. The van der Waals surface area contributed by atoms with Crippen LogP contribution in [0.1, 0.15) is 38.1 Å². The molecule has 0 saturated heterocycles. The van der Waals surface area contributed by atoms with E-state index in [0.717, 1.165) is 12.1 Å². The summed E-state index contributed by atoms with van der Waals surface area (Å²) in [5, 5.41) is 0.447. The maximum Gasteiger partial charge on any atom is 0.416 e. The molecule has 0 unspecified atom stereocenters. The molecular formula is C17H18F3NO4. The van der Waals surface area contributed by atoms with Crippen LogP contribution in [0.3, 0.4) is 0 Å². The van der Waals surface area contributed by atoms with E-state index in [2.05, 4.69) is 0 Å². The number of rotatable bonds is 1. The number of nitrogens with zero attached hydrogens (tertiary/aromatic N) is 1. The van der Waals surface area contributed by atoms with Gasteiger partial charge in [-0.05, 0) is 39.0 Å². The van der Waals surface area contributed by atoms with Crippen LogP contribution in [0.2, 0.25) is 0 Å². The number of fused-ring (bicyclic) bond motifs is 3. The molecule has 0 saturated carbocycles. The Morgan fingerprint density at radius 1 is 1.28 bits per heavy atom.